The summed E-state index contributed by atoms with van der Waals surface area (Å²) in [6, 6.07) is 6.66. The van der Waals surface area contributed by atoms with Gasteiger partial charge in [0.25, 0.3) is 0 Å². The summed E-state index contributed by atoms with van der Waals surface area (Å²) < 4.78 is 56.5. The quantitative estimate of drug-likeness (QED) is 0.738. The minimum absolute atomic E-state index is 0.0425. The number of esters is 1. The molecule has 0 fully saturated rings. The van der Waals surface area contributed by atoms with Gasteiger partial charge in [-0.2, -0.15) is 0 Å². The van der Waals surface area contributed by atoms with Crippen molar-refractivity contribution >= 4 is 38.6 Å². The van der Waals surface area contributed by atoms with Crippen LogP contribution < -0.4 is 0 Å². The van der Waals surface area contributed by atoms with Crippen molar-refractivity contribution < 1.29 is 26.7 Å². The van der Waals surface area contributed by atoms with Crippen molar-refractivity contribution in [3.05, 3.63) is 63.7 Å². The first-order valence-electron chi connectivity index (χ1n) is 7.46. The van der Waals surface area contributed by atoms with E-state index in [-0.39, 0.29) is 23.3 Å². The van der Waals surface area contributed by atoms with Gasteiger partial charge in [0.1, 0.15) is 23.1 Å². The molecule has 8 heteroatoms. The molecule has 26 heavy (non-hydrogen) atoms. The van der Waals surface area contributed by atoms with E-state index in [1.807, 2.05) is 0 Å². The average molecular weight is 399 g/mol. The monoisotopic (exact) mass is 398 g/mol. The Bertz CT molecular complexity index is 1050. The molecule has 136 valence electrons. The molecule has 1 heterocycles. The molecule has 0 bridgehead atoms. The minimum Gasteiger partial charge on any atom is -0.457 e. The van der Waals surface area contributed by atoms with E-state index in [0.717, 1.165) is 24.0 Å². The Balaban J connectivity index is 2.22. The molecule has 4 nitrogen and oxygen atoms in total. The summed E-state index contributed by atoms with van der Waals surface area (Å²) >= 11 is 5.99. The van der Waals surface area contributed by atoms with E-state index >= 15 is 0 Å². The Hall–Kier alpha value is -2.25. The van der Waals surface area contributed by atoms with Crippen molar-refractivity contribution in [1.29, 1.82) is 0 Å². The van der Waals surface area contributed by atoms with Gasteiger partial charge in [-0.3, -0.25) is 0 Å². The van der Waals surface area contributed by atoms with Crippen LogP contribution in [0.1, 0.15) is 16.7 Å². The van der Waals surface area contributed by atoms with Crippen molar-refractivity contribution in [3.8, 4) is 0 Å². The van der Waals surface area contributed by atoms with Gasteiger partial charge in [0.2, 0.25) is 0 Å². The number of carbonyl (C=O) groups is 1. The van der Waals surface area contributed by atoms with Crippen LogP contribution in [0.4, 0.5) is 8.78 Å². The summed E-state index contributed by atoms with van der Waals surface area (Å²) in [7, 11) is -4.07. The highest BCUT2D eigenvalue weighted by atomic mass is 35.5. The number of carbonyl (C=O) groups excluding carboxylic acids is 1. The second-order valence-electron chi connectivity index (χ2n) is 5.93. The summed E-state index contributed by atoms with van der Waals surface area (Å²) in [5.41, 5.74) is 1.70. The molecular formula is C18H13ClF2O4S. The zero-order chi connectivity index (χ0) is 19.2. The predicted molar refractivity (Wildman–Crippen MR) is 93.4 cm³/mol. The Kier molecular flexibility index (Phi) is 4.62. The molecule has 0 saturated carbocycles. The molecule has 1 aliphatic heterocycles. The summed E-state index contributed by atoms with van der Waals surface area (Å²) in [5.74, 6) is -3.07. The molecule has 0 atom stereocenters. The summed E-state index contributed by atoms with van der Waals surface area (Å²) in [6.07, 6.45) is 0.720. The predicted octanol–water partition coefficient (Wildman–Crippen LogP) is 3.80. The molecule has 0 radical (unpaired) electrons. The van der Waals surface area contributed by atoms with E-state index in [4.69, 9.17) is 16.3 Å². The topological polar surface area (TPSA) is 60.4 Å². The second-order valence-corrected chi connectivity index (χ2v) is 8.29. The summed E-state index contributed by atoms with van der Waals surface area (Å²) in [6.45, 7) is 1.58. The van der Waals surface area contributed by atoms with Gasteiger partial charge >= 0.3 is 5.97 Å². The normalized spacial score (nSPS) is 14.7. The maximum absolute atomic E-state index is 14.2. The third kappa shape index (κ3) is 3.24. The lowest BCUT2D eigenvalue weighted by Gasteiger charge is -2.09. The smallest absolute Gasteiger partial charge is 0.339 e. The molecule has 0 spiro atoms. The van der Waals surface area contributed by atoms with Crippen LogP contribution in [0.15, 0.2) is 35.2 Å². The van der Waals surface area contributed by atoms with Crippen LogP contribution in [0.2, 0.25) is 5.02 Å². The number of halogens is 3. The number of sulfone groups is 1. The zero-order valence-electron chi connectivity index (χ0n) is 13.8. The van der Waals surface area contributed by atoms with Gasteiger partial charge in [0.05, 0.1) is 5.57 Å². The molecule has 0 N–H and O–H groups in total. The molecule has 1 aliphatic rings. The number of ether oxygens (including phenoxy) is 1. The molecule has 0 saturated heterocycles. The van der Waals surface area contributed by atoms with Crippen LogP contribution in [0.5, 0.6) is 0 Å². The first-order chi connectivity index (χ1) is 12.1. The maximum atomic E-state index is 14.2. The highest BCUT2D eigenvalue weighted by Gasteiger charge is 2.29. The van der Waals surface area contributed by atoms with E-state index in [1.165, 1.54) is 0 Å². The van der Waals surface area contributed by atoms with Crippen molar-refractivity contribution in [2.75, 3.05) is 12.9 Å². The molecule has 0 unspecified atom stereocenters. The maximum Gasteiger partial charge on any atom is 0.339 e. The van der Waals surface area contributed by atoms with Gasteiger partial charge in [-0.05, 0) is 47.9 Å². The SMILES string of the molecule is Cc1cc(C2=C(c3cc(F)c(S(C)(=O)=O)c(F)c3)COC2=O)ccc1Cl. The second kappa shape index (κ2) is 6.48. The van der Waals surface area contributed by atoms with Gasteiger partial charge in [0.15, 0.2) is 9.84 Å². The van der Waals surface area contributed by atoms with Crippen molar-refractivity contribution in [3.63, 3.8) is 0 Å². The average Bonchev–Trinajstić information content (AvgIpc) is 2.89. The number of benzene rings is 2. The number of hydrogen-bond acceptors (Lipinski definition) is 4. The highest BCUT2D eigenvalue weighted by Crippen LogP contribution is 2.35. The van der Waals surface area contributed by atoms with Crippen LogP contribution in [-0.2, 0) is 19.4 Å². The molecule has 2 aromatic rings. The Morgan fingerprint density at radius 3 is 2.23 bits per heavy atom. The Labute approximate surface area is 154 Å². The van der Waals surface area contributed by atoms with Gasteiger partial charge in [-0.25, -0.2) is 22.0 Å². The van der Waals surface area contributed by atoms with Crippen LogP contribution in [0.3, 0.4) is 0 Å². The Morgan fingerprint density at radius 1 is 1.08 bits per heavy atom. The molecule has 0 aromatic heterocycles. The standard InChI is InChI=1S/C18H13ClF2O4S/c1-9-5-10(3-4-13(9)19)16-12(8-25-18(16)22)11-6-14(20)17(15(21)7-11)26(2,23)24/h3-7H,8H2,1-2H3. The van der Waals surface area contributed by atoms with E-state index in [1.54, 1.807) is 25.1 Å². The molecular weight excluding hydrogens is 386 g/mol. The molecule has 3 rings (SSSR count). The number of hydrogen-bond donors (Lipinski definition) is 0. The fourth-order valence-corrected chi connectivity index (χ4v) is 3.76. The lowest BCUT2D eigenvalue weighted by molar-refractivity contribution is -0.133. The lowest BCUT2D eigenvalue weighted by atomic mass is 9.95. The number of aryl methyl sites for hydroxylation is 1. The summed E-state index contributed by atoms with van der Waals surface area (Å²) in [4.78, 5) is 11.2. The van der Waals surface area contributed by atoms with Crippen LogP contribution >= 0.6 is 11.6 Å². The van der Waals surface area contributed by atoms with Gasteiger partial charge < -0.3 is 4.74 Å². The zero-order valence-corrected chi connectivity index (χ0v) is 15.3. The fraction of sp³-hybridized carbons (Fsp3) is 0.167. The van der Waals surface area contributed by atoms with E-state index in [2.05, 4.69) is 0 Å². The van der Waals surface area contributed by atoms with E-state index in [9.17, 15) is 22.0 Å². The molecule has 2 aromatic carbocycles. The molecule has 0 amide bonds. The van der Waals surface area contributed by atoms with Crippen molar-refractivity contribution in [2.45, 2.75) is 11.8 Å². The number of cyclic esters (lactones) is 1. The Morgan fingerprint density at radius 2 is 1.69 bits per heavy atom. The largest absolute Gasteiger partial charge is 0.457 e. The number of rotatable bonds is 3. The van der Waals surface area contributed by atoms with Gasteiger partial charge in [-0.1, -0.05) is 17.7 Å². The van der Waals surface area contributed by atoms with Crippen LogP contribution in [0.25, 0.3) is 11.1 Å². The van der Waals surface area contributed by atoms with E-state index < -0.39 is 32.3 Å². The minimum atomic E-state index is -4.07. The highest BCUT2D eigenvalue weighted by molar-refractivity contribution is 7.90. The van der Waals surface area contributed by atoms with Crippen LogP contribution in [0, 0.1) is 18.6 Å². The lowest BCUT2D eigenvalue weighted by Crippen LogP contribution is -2.06. The third-order valence-electron chi connectivity index (χ3n) is 4.02. The van der Waals surface area contributed by atoms with Crippen molar-refractivity contribution in [1.82, 2.24) is 0 Å². The van der Waals surface area contributed by atoms with Gasteiger partial charge in [0, 0.05) is 16.9 Å². The fourth-order valence-electron chi connectivity index (χ4n) is 2.81. The molecule has 0 aliphatic carbocycles. The van der Waals surface area contributed by atoms with E-state index in [0.29, 0.717) is 10.6 Å². The first kappa shape index (κ1) is 18.5. The third-order valence-corrected chi connectivity index (χ3v) is 5.57. The first-order valence-corrected chi connectivity index (χ1v) is 9.73. The summed E-state index contributed by atoms with van der Waals surface area (Å²) in [5, 5.41) is 0.511. The van der Waals surface area contributed by atoms with Crippen LogP contribution in [-0.4, -0.2) is 27.2 Å². The van der Waals surface area contributed by atoms with Crippen molar-refractivity contribution in [2.24, 2.45) is 0 Å². The van der Waals surface area contributed by atoms with Gasteiger partial charge in [-0.15, -0.1) is 0 Å².